The fourth-order valence-corrected chi connectivity index (χ4v) is 11.8. The van der Waals surface area contributed by atoms with E-state index < -0.39 is 197 Å². The first-order valence-electron chi connectivity index (χ1n) is 29.6. The molecule has 0 aromatic carbocycles. The summed E-state index contributed by atoms with van der Waals surface area (Å²) in [6, 6.07) is -0.966. The number of ether oxygens (including phenoxy) is 11. The molecule has 6 aliphatic heterocycles. The van der Waals surface area contributed by atoms with Crippen LogP contribution in [0.5, 0.6) is 0 Å². The quantitative estimate of drug-likeness (QED) is 0.0180. The summed E-state index contributed by atoms with van der Waals surface area (Å²) in [6.45, 7) is -0.732. The molecule has 29 atom stereocenters. The molecule has 0 radical (unpaired) electrons. The zero-order chi connectivity index (χ0) is 64.8. The number of nitrogens with zero attached hydrogens (tertiary/aromatic N) is 7. The third kappa shape index (κ3) is 17.3. The zero-order valence-electron chi connectivity index (χ0n) is 48.8. The monoisotopic (exact) mass is 1320 g/mol. The lowest BCUT2D eigenvalue weighted by Gasteiger charge is -2.48. The van der Waals surface area contributed by atoms with Crippen molar-refractivity contribution < 1.29 is 134 Å². The summed E-state index contributed by atoms with van der Waals surface area (Å²) in [7, 11) is 0. The Kier molecular flexibility index (Phi) is 25.0. The van der Waals surface area contributed by atoms with Crippen molar-refractivity contribution in [2.45, 2.75) is 243 Å². The number of hydrogen-bond acceptors (Lipinski definition) is 35. The van der Waals surface area contributed by atoms with E-state index in [4.69, 9.17) is 75.3 Å². The van der Waals surface area contributed by atoms with Gasteiger partial charge in [0.1, 0.15) is 103 Å². The molecule has 21 N–H and O–H groups in total. The van der Waals surface area contributed by atoms with Gasteiger partial charge < -0.3 is 150 Å². The number of rotatable bonds is 26. The average Bonchev–Trinajstić information content (AvgIpc) is 1.18. The number of nitrogens with one attached hydrogen (secondary N) is 1. The summed E-state index contributed by atoms with van der Waals surface area (Å²) >= 11 is 5.88. The molecule has 13 unspecified atom stereocenters. The van der Waals surface area contributed by atoms with Crippen molar-refractivity contribution in [1.29, 1.82) is 0 Å². The van der Waals surface area contributed by atoms with Crippen LogP contribution in [0.3, 0.4) is 0 Å². The van der Waals surface area contributed by atoms with Crippen LogP contribution in [0.25, 0.3) is 0 Å². The molecule has 9 rings (SSSR count). The highest BCUT2D eigenvalue weighted by Crippen LogP contribution is 2.35. The molecule has 90 heavy (non-hydrogen) atoms. The number of aliphatic hydroxyl groups excluding tert-OH is 16. The normalized spacial score (nSPS) is 42.9. The molecular formula is C52H85ClN10O27. The van der Waals surface area contributed by atoms with Crippen LogP contribution < -0.4 is 16.9 Å². The van der Waals surface area contributed by atoms with Crippen molar-refractivity contribution in [3.8, 4) is 0 Å². The van der Waals surface area contributed by atoms with E-state index in [2.05, 4.69) is 25.9 Å². The molecule has 8 heterocycles. The van der Waals surface area contributed by atoms with Crippen LogP contribution in [-0.4, -0.2) is 327 Å². The SMILES string of the molecule is CC1OC(OC2C(CO)OC(OC3C(CO)OC(OCc4cn(CCCc5cn(C[C@H]6O[C@@H](OC/C(N)=C/N(N)C[C@@H]7C[C@H](O)C(O[C@@H]8C[C@@H](O)[C@@H](Cl)[C@@H](O)O8)O7)[C@@H](O)[C@@H](O)[C@@H]6O)nn5)nn4)C(O)C3O)C(O)C2O)[C@@H](O)C[C@@H]1N[C@H]1C=C(CO)[C@@H](O)[C@H](O)C1. The molecule has 0 bridgehead atoms. The topological polar surface area (TPSA) is 554 Å². The third-order valence-corrected chi connectivity index (χ3v) is 17.1. The molecule has 512 valence electrons. The van der Waals surface area contributed by atoms with E-state index >= 15 is 0 Å². The molecule has 0 amide bonds. The number of hydrogen-bond donors (Lipinski definition) is 19. The number of halogens is 1. The highest BCUT2D eigenvalue weighted by atomic mass is 35.5. The Morgan fingerprint density at radius 2 is 1.28 bits per heavy atom. The minimum Gasteiger partial charge on any atom is -0.399 e. The number of aliphatic hydroxyl groups is 16. The molecule has 0 saturated carbocycles. The second-order valence-electron chi connectivity index (χ2n) is 23.5. The molecule has 0 spiro atoms. The highest BCUT2D eigenvalue weighted by molar-refractivity contribution is 6.21. The van der Waals surface area contributed by atoms with Gasteiger partial charge in [-0.25, -0.2) is 10.5 Å². The highest BCUT2D eigenvalue weighted by Gasteiger charge is 2.53. The summed E-state index contributed by atoms with van der Waals surface area (Å²) in [6.07, 6.45) is -29.1. The second kappa shape index (κ2) is 31.8. The fourth-order valence-electron chi connectivity index (χ4n) is 11.6. The fraction of sp³-hybridized carbons (Fsp3) is 0.846. The van der Waals surface area contributed by atoms with Crippen molar-refractivity contribution in [1.82, 2.24) is 40.3 Å². The van der Waals surface area contributed by atoms with E-state index in [-0.39, 0.29) is 63.3 Å². The molecule has 1 aliphatic carbocycles. The van der Waals surface area contributed by atoms with E-state index in [9.17, 15) is 81.7 Å². The maximum Gasteiger partial charge on any atom is 0.187 e. The molecule has 37 nitrogen and oxygen atoms in total. The van der Waals surface area contributed by atoms with Gasteiger partial charge in [0.25, 0.3) is 0 Å². The van der Waals surface area contributed by atoms with Gasteiger partial charge in [0, 0.05) is 43.9 Å². The van der Waals surface area contributed by atoms with E-state index in [1.165, 1.54) is 20.6 Å². The Hall–Kier alpha value is -3.51. The van der Waals surface area contributed by atoms with Crippen molar-refractivity contribution >= 4 is 11.6 Å². The van der Waals surface area contributed by atoms with Gasteiger partial charge in [0.05, 0.1) is 88.1 Å². The maximum atomic E-state index is 11.3. The second-order valence-corrected chi connectivity index (χ2v) is 24.0. The first kappa shape index (κ1) is 70.8. The Labute approximate surface area is 518 Å². The van der Waals surface area contributed by atoms with Crippen LogP contribution in [0, 0.1) is 0 Å². The number of alkyl halides is 1. The minimum atomic E-state index is -1.92. The summed E-state index contributed by atoms with van der Waals surface area (Å²) < 4.78 is 66.0. The lowest BCUT2D eigenvalue weighted by atomic mass is 9.89. The predicted octanol–water partition coefficient (Wildman–Crippen LogP) is -10.1. The summed E-state index contributed by atoms with van der Waals surface area (Å²) in [5.41, 5.74) is 7.28. The van der Waals surface area contributed by atoms with Gasteiger partial charge in [-0.1, -0.05) is 16.5 Å². The van der Waals surface area contributed by atoms with Gasteiger partial charge in [-0.3, -0.25) is 4.68 Å². The van der Waals surface area contributed by atoms with Gasteiger partial charge >= 0.3 is 0 Å². The van der Waals surface area contributed by atoms with Crippen LogP contribution in [-0.2, 0) is 78.2 Å². The Bertz CT molecular complexity index is 2590. The zero-order valence-corrected chi connectivity index (χ0v) is 49.5. The lowest BCUT2D eigenvalue weighted by Crippen LogP contribution is -2.66. The first-order chi connectivity index (χ1) is 42.9. The molecular weight excluding hydrogens is 1230 g/mol. The third-order valence-electron chi connectivity index (χ3n) is 16.6. The number of aromatic nitrogens is 6. The molecule has 38 heteroatoms. The maximum absolute atomic E-state index is 11.3. The van der Waals surface area contributed by atoms with Gasteiger partial charge in [0.2, 0.25) is 0 Å². The molecule has 2 aromatic heterocycles. The smallest absolute Gasteiger partial charge is 0.187 e. The summed E-state index contributed by atoms with van der Waals surface area (Å²) in [5, 5.41) is 189. The van der Waals surface area contributed by atoms with Crippen LogP contribution >= 0.6 is 11.6 Å². The van der Waals surface area contributed by atoms with E-state index in [0.717, 1.165) is 0 Å². The van der Waals surface area contributed by atoms with Gasteiger partial charge in [0.15, 0.2) is 44.0 Å². The Morgan fingerprint density at radius 3 is 1.98 bits per heavy atom. The lowest BCUT2D eigenvalue weighted by molar-refractivity contribution is -0.374. The number of aryl methyl sites for hydroxylation is 2. The van der Waals surface area contributed by atoms with Crippen molar-refractivity contribution in [2.75, 3.05) is 33.0 Å². The molecule has 6 fully saturated rings. The Balaban J connectivity index is 0.679. The largest absolute Gasteiger partial charge is 0.399 e. The Morgan fingerprint density at radius 1 is 0.667 bits per heavy atom. The molecule has 2 aromatic rings. The van der Waals surface area contributed by atoms with Crippen molar-refractivity contribution in [3.05, 3.63) is 47.3 Å². The van der Waals surface area contributed by atoms with Gasteiger partial charge in [-0.15, -0.1) is 21.8 Å². The van der Waals surface area contributed by atoms with Gasteiger partial charge in [-0.05, 0) is 38.2 Å². The van der Waals surface area contributed by atoms with E-state index in [1.807, 2.05) is 0 Å². The minimum absolute atomic E-state index is 0.0275. The van der Waals surface area contributed by atoms with Crippen LogP contribution in [0.15, 0.2) is 35.9 Å². The van der Waals surface area contributed by atoms with Crippen LogP contribution in [0.1, 0.15) is 50.4 Å². The van der Waals surface area contributed by atoms with E-state index in [0.29, 0.717) is 30.8 Å². The number of nitrogens with two attached hydrogens (primary N) is 2. The van der Waals surface area contributed by atoms with Crippen LogP contribution in [0.2, 0.25) is 0 Å². The summed E-state index contributed by atoms with van der Waals surface area (Å²) in [4.78, 5) is 0. The first-order valence-corrected chi connectivity index (χ1v) is 30.0. The van der Waals surface area contributed by atoms with E-state index in [1.54, 1.807) is 25.4 Å². The van der Waals surface area contributed by atoms with Crippen LogP contribution in [0.4, 0.5) is 0 Å². The van der Waals surface area contributed by atoms with Gasteiger partial charge in [-0.2, -0.15) is 0 Å². The van der Waals surface area contributed by atoms with Crippen molar-refractivity contribution in [3.63, 3.8) is 0 Å². The average molecular weight is 1320 g/mol. The number of hydrazine groups is 1. The standard InChI is InChI=1S/C52H85ClN10O27/c1-20-27(56-24-5-21(15-64)37(71)29(68)6-24)8-31(70)48(82-20)89-45-34(17-66)86-52(44(78)41(45)75)90-46-33(16-65)85-51(43(77)40(46)74)81-19-25-12-62(59-58-25)4-2-3-23-11-63(60-57-23)14-32-38(72)39(73)42(76)50(84-32)80-18-22(54)10-61(55)13-26-7-30(69)49(83-26)88-35-9-28(67)36(53)47(79)87-35/h5,10-12,20,24,26-52,56,64-79H,2-4,6-9,13-19,54-55H2,1H3/b22-10-/t20?,24-,26-,27-,28+,29+,30-,31-,32+,33?,34?,35+,36+,37+,38+,39-,40?,41?,42-,43?,44?,45?,46?,47-,48?,49?,50+,51?,52?/m0/s1. The van der Waals surface area contributed by atoms with Crippen molar-refractivity contribution in [2.24, 2.45) is 11.6 Å². The molecule has 6 saturated heterocycles. The molecule has 7 aliphatic rings. The summed E-state index contributed by atoms with van der Waals surface area (Å²) in [5.74, 6) is 6.12. The predicted molar refractivity (Wildman–Crippen MR) is 293 cm³/mol.